The number of aromatic hydroxyl groups is 1. The van der Waals surface area contributed by atoms with Crippen molar-refractivity contribution >= 4 is 52.5 Å². The van der Waals surface area contributed by atoms with E-state index in [1.165, 1.54) is 27.8 Å². The third-order valence-corrected chi connectivity index (χ3v) is 9.22. The number of anilines is 3. The van der Waals surface area contributed by atoms with E-state index in [2.05, 4.69) is 20.4 Å². The van der Waals surface area contributed by atoms with Gasteiger partial charge in [0.15, 0.2) is 5.69 Å². The molecule has 2 amide bonds. The highest BCUT2D eigenvalue weighted by Gasteiger charge is 2.33. The fourth-order valence-corrected chi connectivity index (χ4v) is 6.55. The number of fused-ring (bicyclic) bond motifs is 1. The van der Waals surface area contributed by atoms with Crippen molar-refractivity contribution < 1.29 is 37.8 Å². The molecule has 52 heavy (non-hydrogen) atoms. The Morgan fingerprint density at radius 3 is 2.29 bits per heavy atom. The summed E-state index contributed by atoms with van der Waals surface area (Å²) in [6, 6.07) is 5.44. The van der Waals surface area contributed by atoms with E-state index in [0.29, 0.717) is 37.9 Å². The number of hydrogen-bond acceptors (Lipinski definition) is 11. The number of rotatable bonds is 9. The molecule has 0 spiro atoms. The molecule has 2 aliphatic heterocycles. The van der Waals surface area contributed by atoms with Crippen LogP contribution >= 0.6 is 11.6 Å². The van der Waals surface area contributed by atoms with Crippen LogP contribution in [0.25, 0.3) is 5.78 Å². The van der Waals surface area contributed by atoms with Gasteiger partial charge in [0.25, 0.3) is 11.5 Å². The number of nitrogens with one attached hydrogen (secondary N) is 1. The van der Waals surface area contributed by atoms with Crippen LogP contribution in [0.3, 0.4) is 0 Å². The Balaban J connectivity index is 1.33. The van der Waals surface area contributed by atoms with Crippen LogP contribution < -0.4 is 20.7 Å². The molecule has 0 unspecified atom stereocenters. The quantitative estimate of drug-likeness (QED) is 0.227. The van der Waals surface area contributed by atoms with Gasteiger partial charge in [-0.05, 0) is 36.8 Å². The van der Waals surface area contributed by atoms with Crippen molar-refractivity contribution in [3.63, 3.8) is 0 Å². The number of amides is 2. The molecule has 4 aromatic rings. The van der Waals surface area contributed by atoms with Crippen LogP contribution in [0, 0.1) is 0 Å². The van der Waals surface area contributed by atoms with E-state index in [1.807, 2.05) is 0 Å². The van der Waals surface area contributed by atoms with E-state index in [-0.39, 0.29) is 78.7 Å². The summed E-state index contributed by atoms with van der Waals surface area (Å²) < 4.78 is 42.2. The van der Waals surface area contributed by atoms with Crippen molar-refractivity contribution in [1.29, 1.82) is 0 Å². The van der Waals surface area contributed by atoms with Gasteiger partial charge in [-0.25, -0.2) is 4.98 Å². The summed E-state index contributed by atoms with van der Waals surface area (Å²) in [5, 5.41) is 26.1. The van der Waals surface area contributed by atoms with Gasteiger partial charge in [-0.15, -0.1) is 5.10 Å². The second kappa shape index (κ2) is 14.7. The lowest BCUT2D eigenvalue weighted by molar-refractivity contribution is -0.139. The second-order valence-electron chi connectivity index (χ2n) is 12.2. The Morgan fingerprint density at radius 2 is 1.67 bits per heavy atom. The van der Waals surface area contributed by atoms with Crippen LogP contribution in [0.4, 0.5) is 30.5 Å². The van der Waals surface area contributed by atoms with Crippen LogP contribution in [0.2, 0.25) is 5.02 Å². The normalized spacial score (nSPS) is 15.7. The first-order valence-corrected chi connectivity index (χ1v) is 16.7. The number of aromatic nitrogens is 5. The highest BCUT2D eigenvalue weighted by atomic mass is 35.5. The van der Waals surface area contributed by atoms with Gasteiger partial charge in [0.1, 0.15) is 18.0 Å². The molecule has 2 aliphatic rings. The van der Waals surface area contributed by atoms with E-state index in [9.17, 15) is 42.6 Å². The predicted octanol–water partition coefficient (Wildman–Crippen LogP) is 2.03. The van der Waals surface area contributed by atoms with E-state index in [0.717, 1.165) is 16.6 Å². The number of carboxylic acid groups (broad SMARTS) is 1. The number of carbonyl (C=O) groups is 3. The summed E-state index contributed by atoms with van der Waals surface area (Å²) in [5.74, 6) is -2.10. The average molecular weight is 747 g/mol. The van der Waals surface area contributed by atoms with Crippen molar-refractivity contribution in [1.82, 2.24) is 33.9 Å². The Labute approximate surface area is 298 Å². The number of carbonyl (C=O) groups excluding carboxylic acids is 2. The molecule has 3 aromatic heterocycles. The van der Waals surface area contributed by atoms with E-state index >= 15 is 0 Å². The maximum absolute atomic E-state index is 14.2. The SMILES string of the molecule is CCc1c(N2CCN(C(=O)c3ncccc3O)CC2)c(=O)n2nc(N3CCN(CC(=O)O)CC3)nc2n1CC(=O)Nc1ccc(C(F)(F)F)cc1Cl. The van der Waals surface area contributed by atoms with E-state index in [1.54, 1.807) is 21.6 Å². The van der Waals surface area contributed by atoms with E-state index in [4.69, 9.17) is 11.6 Å². The largest absolute Gasteiger partial charge is 0.505 e. The Kier molecular flexibility index (Phi) is 10.3. The number of benzene rings is 1. The van der Waals surface area contributed by atoms with Crippen LogP contribution in [-0.2, 0) is 28.7 Å². The molecular formula is C32H34ClF3N10O6. The highest BCUT2D eigenvalue weighted by Crippen LogP contribution is 2.34. The summed E-state index contributed by atoms with van der Waals surface area (Å²) in [6.45, 7) is 3.62. The zero-order chi connectivity index (χ0) is 37.3. The zero-order valence-corrected chi connectivity index (χ0v) is 28.6. The minimum atomic E-state index is -4.63. The van der Waals surface area contributed by atoms with Gasteiger partial charge in [-0.2, -0.15) is 22.7 Å². The topological polar surface area (TPSA) is 182 Å². The molecule has 0 saturated carbocycles. The molecule has 16 nitrogen and oxygen atoms in total. The van der Waals surface area contributed by atoms with Gasteiger partial charge in [0, 0.05) is 58.6 Å². The molecule has 2 fully saturated rings. The third kappa shape index (κ3) is 7.45. The van der Waals surface area contributed by atoms with Gasteiger partial charge in [0.05, 0.1) is 28.5 Å². The van der Waals surface area contributed by atoms with Gasteiger partial charge in [-0.3, -0.25) is 24.1 Å². The van der Waals surface area contributed by atoms with Crippen molar-refractivity contribution in [2.45, 2.75) is 26.1 Å². The molecule has 6 rings (SSSR count). The van der Waals surface area contributed by atoms with Crippen LogP contribution in [0.1, 0.15) is 28.7 Å². The molecule has 276 valence electrons. The molecule has 5 heterocycles. The van der Waals surface area contributed by atoms with E-state index < -0.39 is 41.6 Å². The minimum absolute atomic E-state index is 0.0432. The minimum Gasteiger partial charge on any atom is -0.505 e. The number of aliphatic carboxylic acids is 1. The summed E-state index contributed by atoms with van der Waals surface area (Å²) in [6.07, 6.45) is -2.97. The van der Waals surface area contributed by atoms with Crippen molar-refractivity contribution in [3.8, 4) is 5.75 Å². The second-order valence-corrected chi connectivity index (χ2v) is 12.6. The fraction of sp³-hybridized carbons (Fsp3) is 0.406. The molecular weight excluding hydrogens is 713 g/mol. The van der Waals surface area contributed by atoms with Gasteiger partial charge in [-0.1, -0.05) is 18.5 Å². The van der Waals surface area contributed by atoms with Crippen LogP contribution in [0.5, 0.6) is 5.75 Å². The monoisotopic (exact) mass is 746 g/mol. The lowest BCUT2D eigenvalue weighted by Gasteiger charge is -2.36. The number of hydrogen-bond donors (Lipinski definition) is 3. The molecule has 0 atom stereocenters. The maximum atomic E-state index is 14.2. The zero-order valence-electron chi connectivity index (χ0n) is 27.8. The van der Waals surface area contributed by atoms with Crippen molar-refractivity contribution in [2.75, 3.05) is 74.0 Å². The smallest absolute Gasteiger partial charge is 0.416 e. The summed E-state index contributed by atoms with van der Waals surface area (Å²) in [4.78, 5) is 67.6. The molecule has 2 saturated heterocycles. The fourth-order valence-electron chi connectivity index (χ4n) is 6.32. The summed E-state index contributed by atoms with van der Waals surface area (Å²) in [5.41, 5.74) is -0.971. The maximum Gasteiger partial charge on any atom is 0.416 e. The predicted molar refractivity (Wildman–Crippen MR) is 182 cm³/mol. The van der Waals surface area contributed by atoms with Crippen molar-refractivity contribution in [3.05, 3.63) is 68.9 Å². The first kappa shape index (κ1) is 36.4. The van der Waals surface area contributed by atoms with Gasteiger partial charge in [0.2, 0.25) is 17.6 Å². The number of alkyl halides is 3. The number of carboxylic acids is 1. The third-order valence-electron chi connectivity index (χ3n) is 8.91. The molecule has 0 bridgehead atoms. The Morgan fingerprint density at radius 1 is 0.981 bits per heavy atom. The first-order chi connectivity index (χ1) is 24.7. The highest BCUT2D eigenvalue weighted by molar-refractivity contribution is 6.33. The summed E-state index contributed by atoms with van der Waals surface area (Å²) >= 11 is 6.11. The molecule has 0 aliphatic carbocycles. The summed E-state index contributed by atoms with van der Waals surface area (Å²) in [7, 11) is 0. The standard InChI is InChI=1S/C32H34ClF3N10O6/c1-2-22-27(42-12-14-43(15-13-42)28(51)26-23(47)4-3-7-37-26)29(52)46-31(39-30(40-46)44-10-8-41(9-11-44)18-25(49)50)45(22)17-24(48)38-21-6-5-19(16-20(21)33)32(34,35)36/h3-7,16,47H,2,8-15,17-18H2,1H3,(H,38,48)(H,49,50). The molecule has 20 heteroatoms. The Hall–Kier alpha value is -5.43. The Bertz CT molecular complexity index is 2070. The van der Waals surface area contributed by atoms with Gasteiger partial charge < -0.3 is 34.8 Å². The number of halogens is 4. The molecule has 1 aromatic carbocycles. The lowest BCUT2D eigenvalue weighted by atomic mass is 10.2. The van der Waals surface area contributed by atoms with Crippen molar-refractivity contribution in [2.24, 2.45) is 0 Å². The lowest BCUT2D eigenvalue weighted by Crippen LogP contribution is -2.51. The first-order valence-electron chi connectivity index (χ1n) is 16.3. The number of pyridine rings is 1. The molecule has 0 radical (unpaired) electrons. The number of piperazine rings is 2. The number of nitrogens with zero attached hydrogens (tertiary/aromatic N) is 9. The van der Waals surface area contributed by atoms with Crippen LogP contribution in [-0.4, -0.2) is 121 Å². The van der Waals surface area contributed by atoms with Gasteiger partial charge >= 0.3 is 12.1 Å². The molecule has 3 N–H and O–H groups in total. The average Bonchev–Trinajstić information content (AvgIpc) is 3.56. The van der Waals surface area contributed by atoms with Crippen LogP contribution in [0.15, 0.2) is 41.3 Å².